The predicted molar refractivity (Wildman–Crippen MR) is 73.1 cm³/mol. The number of nitrogens with zero attached hydrogens (tertiary/aromatic N) is 3. The van der Waals surface area contributed by atoms with Gasteiger partial charge in [0.25, 0.3) is 0 Å². The van der Waals surface area contributed by atoms with Crippen LogP contribution in [-0.4, -0.2) is 33.7 Å². The van der Waals surface area contributed by atoms with E-state index < -0.39 is 0 Å². The molecule has 19 heavy (non-hydrogen) atoms. The molecule has 2 aromatic rings. The molecule has 3 rings (SSSR count). The lowest BCUT2D eigenvalue weighted by molar-refractivity contribution is -0.0322. The molecule has 0 aliphatic carbocycles. The van der Waals surface area contributed by atoms with Crippen LogP contribution in [0, 0.1) is 0 Å². The molecule has 1 N–H and O–H groups in total. The normalized spacial score (nSPS) is 16.7. The molecule has 0 spiro atoms. The lowest BCUT2D eigenvalue weighted by Crippen LogP contribution is -2.53. The molecule has 5 nitrogen and oxygen atoms in total. The van der Waals surface area contributed by atoms with Crippen LogP contribution in [0.3, 0.4) is 0 Å². The van der Waals surface area contributed by atoms with E-state index in [9.17, 15) is 0 Å². The van der Waals surface area contributed by atoms with Gasteiger partial charge in [0.05, 0.1) is 18.8 Å². The third kappa shape index (κ3) is 2.67. The Hall–Kier alpha value is -1.72. The number of hydrogen-bond donors (Lipinski definition) is 1. The molecule has 1 aliphatic rings. The molecule has 1 aliphatic heterocycles. The fourth-order valence-corrected chi connectivity index (χ4v) is 2.03. The minimum atomic E-state index is -0.126. The first-order chi connectivity index (χ1) is 9.15. The molecular weight excluding hydrogens is 264 g/mol. The van der Waals surface area contributed by atoms with Gasteiger partial charge >= 0.3 is 0 Å². The number of aromatic nitrogens is 3. The first kappa shape index (κ1) is 12.3. The monoisotopic (exact) mass is 276 g/mol. The number of benzene rings is 1. The Morgan fingerprint density at radius 2 is 1.89 bits per heavy atom. The van der Waals surface area contributed by atoms with Crippen LogP contribution in [0.1, 0.15) is 6.92 Å². The Labute approximate surface area is 116 Å². The molecular formula is C13H13ClN4O. The van der Waals surface area contributed by atoms with E-state index in [-0.39, 0.29) is 10.8 Å². The van der Waals surface area contributed by atoms with Gasteiger partial charge in [0, 0.05) is 5.56 Å². The quantitative estimate of drug-likeness (QED) is 0.933. The molecule has 0 amide bonds. The maximum absolute atomic E-state index is 5.96. The minimum Gasteiger partial charge on any atom is -0.376 e. The van der Waals surface area contributed by atoms with Gasteiger partial charge in [-0.1, -0.05) is 30.3 Å². The van der Waals surface area contributed by atoms with Crippen molar-refractivity contribution >= 4 is 17.5 Å². The number of halogens is 1. The SMILES string of the molecule is CC1(Nc2nc(Cl)nc(-c3ccccc3)n2)COC1. The van der Waals surface area contributed by atoms with E-state index in [0.717, 1.165) is 5.56 Å². The third-order valence-electron chi connectivity index (χ3n) is 2.89. The highest BCUT2D eigenvalue weighted by molar-refractivity contribution is 6.28. The summed E-state index contributed by atoms with van der Waals surface area (Å²) in [5.41, 5.74) is 0.781. The van der Waals surface area contributed by atoms with Gasteiger partial charge in [0.1, 0.15) is 0 Å². The summed E-state index contributed by atoms with van der Waals surface area (Å²) >= 11 is 5.96. The Morgan fingerprint density at radius 3 is 2.53 bits per heavy atom. The summed E-state index contributed by atoms with van der Waals surface area (Å²) in [6, 6.07) is 9.67. The number of anilines is 1. The van der Waals surface area contributed by atoms with Crippen molar-refractivity contribution in [2.75, 3.05) is 18.5 Å². The number of nitrogens with one attached hydrogen (secondary N) is 1. The van der Waals surface area contributed by atoms with Gasteiger partial charge in [-0.15, -0.1) is 0 Å². The van der Waals surface area contributed by atoms with Gasteiger partial charge in [0.2, 0.25) is 11.2 Å². The van der Waals surface area contributed by atoms with Crippen molar-refractivity contribution < 1.29 is 4.74 Å². The van der Waals surface area contributed by atoms with E-state index in [2.05, 4.69) is 27.2 Å². The zero-order valence-electron chi connectivity index (χ0n) is 10.4. The molecule has 0 bridgehead atoms. The fourth-order valence-electron chi connectivity index (χ4n) is 1.87. The predicted octanol–water partition coefficient (Wildman–Crippen LogP) is 2.39. The minimum absolute atomic E-state index is 0.126. The number of rotatable bonds is 3. The molecule has 0 radical (unpaired) electrons. The number of hydrogen-bond acceptors (Lipinski definition) is 5. The van der Waals surface area contributed by atoms with Gasteiger partial charge in [0.15, 0.2) is 5.82 Å². The van der Waals surface area contributed by atoms with E-state index in [0.29, 0.717) is 25.0 Å². The van der Waals surface area contributed by atoms with Crippen LogP contribution in [-0.2, 0) is 4.74 Å². The van der Waals surface area contributed by atoms with Crippen LogP contribution in [0.2, 0.25) is 5.28 Å². The second kappa shape index (κ2) is 4.75. The summed E-state index contributed by atoms with van der Waals surface area (Å²) in [6.07, 6.45) is 0. The molecule has 0 saturated carbocycles. The van der Waals surface area contributed by atoms with Gasteiger partial charge in [-0.3, -0.25) is 0 Å². The topological polar surface area (TPSA) is 59.9 Å². The van der Waals surface area contributed by atoms with E-state index >= 15 is 0 Å². The average Bonchev–Trinajstić information content (AvgIpc) is 2.37. The molecule has 1 aromatic heterocycles. The highest BCUT2D eigenvalue weighted by atomic mass is 35.5. The Kier molecular flexibility index (Phi) is 3.08. The molecule has 98 valence electrons. The first-order valence-electron chi connectivity index (χ1n) is 5.98. The van der Waals surface area contributed by atoms with Crippen molar-refractivity contribution in [2.45, 2.75) is 12.5 Å². The van der Waals surface area contributed by atoms with E-state index in [4.69, 9.17) is 16.3 Å². The second-order valence-electron chi connectivity index (χ2n) is 4.80. The van der Waals surface area contributed by atoms with Gasteiger partial charge < -0.3 is 10.1 Å². The van der Waals surface area contributed by atoms with Gasteiger partial charge in [-0.05, 0) is 18.5 Å². The molecule has 6 heteroatoms. The zero-order valence-corrected chi connectivity index (χ0v) is 11.2. The second-order valence-corrected chi connectivity index (χ2v) is 5.13. The Bertz CT molecular complexity index is 586. The van der Waals surface area contributed by atoms with E-state index in [1.807, 2.05) is 30.3 Å². The largest absolute Gasteiger partial charge is 0.376 e. The van der Waals surface area contributed by atoms with Crippen LogP contribution in [0.4, 0.5) is 5.95 Å². The summed E-state index contributed by atoms with van der Waals surface area (Å²) in [5.74, 6) is 1.04. The smallest absolute Gasteiger partial charge is 0.228 e. The van der Waals surface area contributed by atoms with E-state index in [1.54, 1.807) is 0 Å². The highest BCUT2D eigenvalue weighted by Gasteiger charge is 2.34. The zero-order chi connectivity index (χ0) is 13.3. The van der Waals surface area contributed by atoms with Crippen LogP contribution >= 0.6 is 11.6 Å². The lowest BCUT2D eigenvalue weighted by atomic mass is 10.0. The van der Waals surface area contributed by atoms with Crippen LogP contribution in [0.5, 0.6) is 0 Å². The Balaban J connectivity index is 1.92. The van der Waals surface area contributed by atoms with Crippen LogP contribution in [0.25, 0.3) is 11.4 Å². The summed E-state index contributed by atoms with van der Waals surface area (Å²) in [7, 11) is 0. The summed E-state index contributed by atoms with van der Waals surface area (Å²) in [5, 5.41) is 3.41. The van der Waals surface area contributed by atoms with Crippen molar-refractivity contribution in [1.82, 2.24) is 15.0 Å². The van der Waals surface area contributed by atoms with Crippen molar-refractivity contribution in [3.63, 3.8) is 0 Å². The van der Waals surface area contributed by atoms with Gasteiger partial charge in [-0.25, -0.2) is 0 Å². The molecule has 0 atom stereocenters. The highest BCUT2D eigenvalue weighted by Crippen LogP contribution is 2.23. The van der Waals surface area contributed by atoms with Crippen LogP contribution in [0.15, 0.2) is 30.3 Å². The van der Waals surface area contributed by atoms with Gasteiger partial charge in [-0.2, -0.15) is 15.0 Å². The fraction of sp³-hybridized carbons (Fsp3) is 0.308. The molecule has 1 fully saturated rings. The van der Waals surface area contributed by atoms with Crippen molar-refractivity contribution in [2.24, 2.45) is 0 Å². The number of ether oxygens (including phenoxy) is 1. The summed E-state index contributed by atoms with van der Waals surface area (Å²) in [4.78, 5) is 12.7. The maximum Gasteiger partial charge on any atom is 0.228 e. The standard InChI is InChI=1S/C13H13ClN4O/c1-13(7-19-8-13)18-12-16-10(15-11(14)17-12)9-5-3-2-4-6-9/h2-6H,7-8H2,1H3,(H,15,16,17,18). The average molecular weight is 277 g/mol. The molecule has 1 aromatic carbocycles. The van der Waals surface area contributed by atoms with Crippen molar-refractivity contribution in [3.8, 4) is 11.4 Å². The van der Waals surface area contributed by atoms with Crippen molar-refractivity contribution in [1.29, 1.82) is 0 Å². The molecule has 0 unspecified atom stereocenters. The first-order valence-corrected chi connectivity index (χ1v) is 6.35. The summed E-state index contributed by atoms with van der Waals surface area (Å²) in [6.45, 7) is 3.32. The Morgan fingerprint density at radius 1 is 1.16 bits per heavy atom. The van der Waals surface area contributed by atoms with E-state index in [1.165, 1.54) is 0 Å². The van der Waals surface area contributed by atoms with Crippen LogP contribution < -0.4 is 5.32 Å². The maximum atomic E-state index is 5.96. The molecule has 2 heterocycles. The lowest BCUT2D eigenvalue weighted by Gasteiger charge is -2.38. The van der Waals surface area contributed by atoms with Crippen molar-refractivity contribution in [3.05, 3.63) is 35.6 Å². The molecule has 1 saturated heterocycles. The summed E-state index contributed by atoms with van der Waals surface area (Å²) < 4.78 is 5.19. The third-order valence-corrected chi connectivity index (χ3v) is 3.06.